The van der Waals surface area contributed by atoms with Gasteiger partial charge in [0.05, 0.1) is 11.1 Å². The number of allylic oxidation sites excluding steroid dienone is 1. The van der Waals surface area contributed by atoms with Gasteiger partial charge in [0.2, 0.25) is 0 Å². The van der Waals surface area contributed by atoms with E-state index in [1.807, 2.05) is 55.0 Å². The van der Waals surface area contributed by atoms with Crippen molar-refractivity contribution < 1.29 is 8.42 Å². The van der Waals surface area contributed by atoms with Crippen molar-refractivity contribution in [2.24, 2.45) is 5.10 Å². The van der Waals surface area contributed by atoms with Crippen molar-refractivity contribution in [2.45, 2.75) is 25.3 Å². The average molecular weight is 367 g/mol. The fourth-order valence-electron chi connectivity index (χ4n) is 2.77. The van der Waals surface area contributed by atoms with Crippen molar-refractivity contribution in [3.8, 4) is 0 Å². The number of rotatable bonds is 6. The molecular formula is C20H21N3O2S. The highest BCUT2D eigenvalue weighted by molar-refractivity contribution is 7.89. The molecule has 0 aliphatic carbocycles. The summed E-state index contributed by atoms with van der Waals surface area (Å²) in [5, 5.41) is 4.97. The van der Waals surface area contributed by atoms with Gasteiger partial charge in [0.1, 0.15) is 0 Å². The molecular weight excluding hydrogens is 346 g/mol. The van der Waals surface area contributed by atoms with Gasteiger partial charge in [-0.25, -0.2) is 4.83 Å². The molecule has 6 heteroatoms. The lowest BCUT2D eigenvalue weighted by Crippen LogP contribution is -2.18. The largest absolute Gasteiger partial charge is 0.343 e. The summed E-state index contributed by atoms with van der Waals surface area (Å²) in [4.78, 5) is 2.49. The molecule has 1 heterocycles. The SMILES string of the molecule is C=CCn1cc(/C=N/NS(=O)(=O)c2ccc(C)c(C)c2)c2ccccc21. The number of benzene rings is 2. The molecule has 0 saturated heterocycles. The summed E-state index contributed by atoms with van der Waals surface area (Å²) >= 11 is 0. The Morgan fingerprint density at radius 1 is 1.15 bits per heavy atom. The van der Waals surface area contributed by atoms with Crippen molar-refractivity contribution in [1.82, 2.24) is 9.40 Å². The normalized spacial score (nSPS) is 11.9. The van der Waals surface area contributed by atoms with Gasteiger partial charge >= 0.3 is 0 Å². The second kappa shape index (κ2) is 7.17. The number of aryl methyl sites for hydroxylation is 2. The van der Waals surface area contributed by atoms with E-state index in [1.165, 1.54) is 6.21 Å². The highest BCUT2D eigenvalue weighted by Crippen LogP contribution is 2.20. The molecule has 0 radical (unpaired) electrons. The minimum atomic E-state index is -3.70. The molecule has 134 valence electrons. The lowest BCUT2D eigenvalue weighted by atomic mass is 10.1. The first kappa shape index (κ1) is 17.9. The minimum absolute atomic E-state index is 0.201. The van der Waals surface area contributed by atoms with Crippen LogP contribution in [0.3, 0.4) is 0 Å². The number of sulfonamides is 1. The van der Waals surface area contributed by atoms with Crippen molar-refractivity contribution in [3.05, 3.63) is 78.0 Å². The van der Waals surface area contributed by atoms with Crippen LogP contribution < -0.4 is 4.83 Å². The molecule has 0 aliphatic heterocycles. The Balaban J connectivity index is 1.87. The second-order valence-electron chi connectivity index (χ2n) is 6.14. The number of hydrazone groups is 1. The summed E-state index contributed by atoms with van der Waals surface area (Å²) in [5.74, 6) is 0. The van der Waals surface area contributed by atoms with Crippen LogP contribution in [0.4, 0.5) is 0 Å². The average Bonchev–Trinajstić information content (AvgIpc) is 2.96. The van der Waals surface area contributed by atoms with Crippen LogP contribution in [0.5, 0.6) is 0 Å². The fourth-order valence-corrected chi connectivity index (χ4v) is 3.64. The van der Waals surface area contributed by atoms with Crippen LogP contribution in [0.25, 0.3) is 10.9 Å². The summed E-state index contributed by atoms with van der Waals surface area (Å²) in [6.45, 7) is 8.26. The van der Waals surface area contributed by atoms with Crippen LogP contribution in [0.2, 0.25) is 0 Å². The molecule has 0 amide bonds. The smallest absolute Gasteiger partial charge is 0.276 e. The Morgan fingerprint density at radius 2 is 1.92 bits per heavy atom. The molecule has 0 unspecified atom stereocenters. The first-order chi connectivity index (χ1) is 12.4. The van der Waals surface area contributed by atoms with E-state index in [1.54, 1.807) is 18.2 Å². The third-order valence-corrected chi connectivity index (χ3v) is 5.53. The highest BCUT2D eigenvalue weighted by atomic mass is 32.2. The van der Waals surface area contributed by atoms with E-state index >= 15 is 0 Å². The summed E-state index contributed by atoms with van der Waals surface area (Å²) < 4.78 is 26.9. The van der Waals surface area contributed by atoms with Gasteiger partial charge in [-0.3, -0.25) is 0 Å². The molecule has 1 N–H and O–H groups in total. The molecule has 26 heavy (non-hydrogen) atoms. The number of nitrogens with one attached hydrogen (secondary N) is 1. The monoisotopic (exact) mass is 367 g/mol. The molecule has 0 saturated carbocycles. The maximum atomic E-state index is 12.4. The van der Waals surface area contributed by atoms with E-state index in [0.717, 1.165) is 27.6 Å². The Labute approximate surface area is 153 Å². The minimum Gasteiger partial charge on any atom is -0.343 e. The molecule has 3 rings (SSSR count). The molecule has 0 fully saturated rings. The molecule has 0 bridgehead atoms. The predicted octanol–water partition coefficient (Wildman–Crippen LogP) is 3.76. The van der Waals surface area contributed by atoms with Crippen molar-refractivity contribution in [2.75, 3.05) is 0 Å². The topological polar surface area (TPSA) is 63.5 Å². The number of hydrogen-bond acceptors (Lipinski definition) is 3. The third kappa shape index (κ3) is 3.55. The van der Waals surface area contributed by atoms with Crippen molar-refractivity contribution in [1.29, 1.82) is 0 Å². The van der Waals surface area contributed by atoms with Gasteiger partial charge in [0.15, 0.2) is 0 Å². The Hall–Kier alpha value is -2.86. The lowest BCUT2D eigenvalue weighted by Gasteiger charge is -2.06. The molecule has 2 aromatic carbocycles. The number of aromatic nitrogens is 1. The standard InChI is InChI=1S/C20H21N3O2S/c1-4-11-23-14-17(19-7-5-6-8-20(19)23)13-21-22-26(24,25)18-10-9-15(2)16(3)12-18/h4-10,12-14,22H,1,11H2,2-3H3/b21-13+. The Morgan fingerprint density at radius 3 is 2.65 bits per heavy atom. The summed E-state index contributed by atoms with van der Waals surface area (Å²) in [5.41, 5.74) is 3.85. The highest BCUT2D eigenvalue weighted by Gasteiger charge is 2.13. The van der Waals surface area contributed by atoms with Gasteiger partial charge in [-0.1, -0.05) is 30.3 Å². The van der Waals surface area contributed by atoms with Crippen LogP contribution >= 0.6 is 0 Å². The van der Waals surface area contributed by atoms with Gasteiger partial charge in [0, 0.05) is 29.2 Å². The van der Waals surface area contributed by atoms with E-state index < -0.39 is 10.0 Å². The van der Waals surface area contributed by atoms with Crippen molar-refractivity contribution >= 4 is 27.1 Å². The Kier molecular flexibility index (Phi) is 4.95. The van der Waals surface area contributed by atoms with Crippen LogP contribution in [0.15, 0.2) is 71.3 Å². The van der Waals surface area contributed by atoms with E-state index in [9.17, 15) is 8.42 Å². The molecule has 1 aromatic heterocycles. The fraction of sp³-hybridized carbons (Fsp3) is 0.150. The van der Waals surface area contributed by atoms with Gasteiger partial charge < -0.3 is 4.57 Å². The quantitative estimate of drug-likeness (QED) is 0.410. The van der Waals surface area contributed by atoms with E-state index in [-0.39, 0.29) is 4.90 Å². The van der Waals surface area contributed by atoms with Gasteiger partial charge in [-0.2, -0.15) is 13.5 Å². The van der Waals surface area contributed by atoms with Gasteiger partial charge in [-0.05, 0) is 43.2 Å². The molecule has 3 aromatic rings. The van der Waals surface area contributed by atoms with Gasteiger partial charge in [-0.15, -0.1) is 6.58 Å². The first-order valence-corrected chi connectivity index (χ1v) is 9.71. The van der Waals surface area contributed by atoms with Crippen molar-refractivity contribution in [3.63, 3.8) is 0 Å². The maximum absolute atomic E-state index is 12.4. The van der Waals surface area contributed by atoms with Crippen LogP contribution in [0.1, 0.15) is 16.7 Å². The lowest BCUT2D eigenvalue weighted by molar-refractivity contribution is 0.584. The second-order valence-corrected chi connectivity index (χ2v) is 7.80. The summed E-state index contributed by atoms with van der Waals surface area (Å²) in [6, 6.07) is 12.9. The van der Waals surface area contributed by atoms with Crippen LogP contribution in [-0.2, 0) is 16.6 Å². The first-order valence-electron chi connectivity index (χ1n) is 8.23. The Bertz CT molecular complexity index is 1100. The van der Waals surface area contributed by atoms with Crippen LogP contribution in [-0.4, -0.2) is 19.2 Å². The summed E-state index contributed by atoms with van der Waals surface area (Å²) in [7, 11) is -3.70. The predicted molar refractivity (Wildman–Crippen MR) is 106 cm³/mol. The zero-order valence-corrected chi connectivity index (χ0v) is 15.6. The molecule has 5 nitrogen and oxygen atoms in total. The number of fused-ring (bicyclic) bond motifs is 1. The summed E-state index contributed by atoms with van der Waals surface area (Å²) in [6.07, 6.45) is 5.27. The maximum Gasteiger partial charge on any atom is 0.276 e. The zero-order chi connectivity index (χ0) is 18.7. The molecule has 0 aliphatic rings. The molecule has 0 spiro atoms. The molecule has 0 atom stereocenters. The van der Waals surface area contributed by atoms with Gasteiger partial charge in [0.25, 0.3) is 10.0 Å². The van der Waals surface area contributed by atoms with Crippen LogP contribution in [0, 0.1) is 13.8 Å². The number of para-hydroxylation sites is 1. The third-order valence-electron chi connectivity index (χ3n) is 4.31. The zero-order valence-electron chi connectivity index (χ0n) is 14.8. The number of hydrogen-bond donors (Lipinski definition) is 1. The van der Waals surface area contributed by atoms with E-state index in [2.05, 4.69) is 16.5 Å². The van der Waals surface area contributed by atoms with E-state index in [0.29, 0.717) is 6.54 Å². The van der Waals surface area contributed by atoms with E-state index in [4.69, 9.17) is 0 Å². The number of nitrogens with zero attached hydrogens (tertiary/aromatic N) is 2.